The van der Waals surface area contributed by atoms with Gasteiger partial charge < -0.3 is 11.5 Å². The van der Waals surface area contributed by atoms with E-state index in [1.165, 1.54) is 0 Å². The number of carbonyl (C=O) groups is 2. The molecule has 5 heteroatoms. The predicted molar refractivity (Wildman–Crippen MR) is 42.9 cm³/mol. The van der Waals surface area contributed by atoms with Crippen LogP contribution in [0.1, 0.15) is 6.42 Å². The molecule has 0 spiro atoms. The number of hydrogen-bond acceptors (Lipinski definition) is 3. The van der Waals surface area contributed by atoms with Crippen LogP contribution in [0.15, 0.2) is 12.2 Å². The van der Waals surface area contributed by atoms with E-state index < -0.39 is 6.03 Å². The number of rotatable bonds is 1. The third-order valence-electron chi connectivity index (χ3n) is 1.70. The van der Waals surface area contributed by atoms with E-state index in [4.69, 9.17) is 11.5 Å². The minimum atomic E-state index is -0.825. The molecule has 2 atom stereocenters. The fraction of sp³-hybridized carbons (Fsp3) is 0.429. The summed E-state index contributed by atoms with van der Waals surface area (Å²) in [5, 5.41) is 2.00. The highest BCUT2D eigenvalue weighted by Gasteiger charge is 2.23. The number of imide groups is 1. The third-order valence-corrected chi connectivity index (χ3v) is 1.70. The van der Waals surface area contributed by atoms with Crippen LogP contribution < -0.4 is 16.8 Å². The second kappa shape index (κ2) is 3.36. The van der Waals surface area contributed by atoms with Gasteiger partial charge in [0.05, 0.1) is 5.92 Å². The molecule has 66 valence electrons. The average Bonchev–Trinajstić information content (AvgIpc) is 2.34. The Bertz CT molecular complexity index is 237. The van der Waals surface area contributed by atoms with Gasteiger partial charge in [0, 0.05) is 6.04 Å². The lowest BCUT2D eigenvalue weighted by atomic mass is 10.1. The van der Waals surface area contributed by atoms with Crippen molar-refractivity contribution in [3.8, 4) is 0 Å². The van der Waals surface area contributed by atoms with E-state index in [0.717, 1.165) is 0 Å². The van der Waals surface area contributed by atoms with Crippen LogP contribution in [-0.2, 0) is 4.79 Å². The number of urea groups is 1. The van der Waals surface area contributed by atoms with Crippen molar-refractivity contribution in [2.24, 2.45) is 17.4 Å². The normalized spacial score (nSPS) is 27.1. The lowest BCUT2D eigenvalue weighted by Crippen LogP contribution is -2.38. The van der Waals surface area contributed by atoms with Gasteiger partial charge in [-0.05, 0) is 6.42 Å². The van der Waals surface area contributed by atoms with Gasteiger partial charge in [0.2, 0.25) is 5.91 Å². The molecule has 1 aliphatic rings. The largest absolute Gasteiger partial charge is 0.351 e. The number of hydrogen-bond donors (Lipinski definition) is 3. The van der Waals surface area contributed by atoms with E-state index in [9.17, 15) is 9.59 Å². The molecule has 5 nitrogen and oxygen atoms in total. The molecule has 3 amide bonds. The van der Waals surface area contributed by atoms with E-state index in [2.05, 4.69) is 0 Å². The molecule has 5 N–H and O–H groups in total. The molecule has 0 aromatic rings. The molecular formula is C7H11N3O2. The molecule has 0 radical (unpaired) electrons. The van der Waals surface area contributed by atoms with Crippen molar-refractivity contribution in [3.63, 3.8) is 0 Å². The lowest BCUT2D eigenvalue weighted by Gasteiger charge is -2.06. The van der Waals surface area contributed by atoms with Crippen LogP contribution in [-0.4, -0.2) is 18.0 Å². The first-order chi connectivity index (χ1) is 5.59. The van der Waals surface area contributed by atoms with Gasteiger partial charge in [-0.1, -0.05) is 12.2 Å². The molecule has 12 heavy (non-hydrogen) atoms. The molecule has 1 rings (SSSR count). The van der Waals surface area contributed by atoms with Crippen molar-refractivity contribution in [3.05, 3.63) is 12.2 Å². The Morgan fingerprint density at radius 2 is 2.08 bits per heavy atom. The van der Waals surface area contributed by atoms with Crippen LogP contribution in [0.25, 0.3) is 0 Å². The Morgan fingerprint density at radius 3 is 2.50 bits per heavy atom. The first kappa shape index (κ1) is 8.73. The van der Waals surface area contributed by atoms with Crippen molar-refractivity contribution in [2.45, 2.75) is 12.5 Å². The Kier molecular flexibility index (Phi) is 2.44. The van der Waals surface area contributed by atoms with Gasteiger partial charge in [0.25, 0.3) is 0 Å². The topological polar surface area (TPSA) is 98.2 Å². The van der Waals surface area contributed by atoms with Crippen molar-refractivity contribution in [1.82, 2.24) is 5.32 Å². The van der Waals surface area contributed by atoms with Crippen molar-refractivity contribution in [2.75, 3.05) is 0 Å². The molecule has 0 aromatic heterocycles. The number of nitrogens with two attached hydrogens (primary N) is 2. The van der Waals surface area contributed by atoms with E-state index in [-0.39, 0.29) is 17.9 Å². The summed E-state index contributed by atoms with van der Waals surface area (Å²) in [7, 11) is 0. The number of carbonyl (C=O) groups excluding carboxylic acids is 2. The summed E-state index contributed by atoms with van der Waals surface area (Å²) < 4.78 is 0. The zero-order chi connectivity index (χ0) is 9.14. The summed E-state index contributed by atoms with van der Waals surface area (Å²) in [5.74, 6) is -0.695. The summed E-state index contributed by atoms with van der Waals surface area (Å²) in [6.07, 6.45) is 3.97. The standard InChI is InChI=1S/C7H11N3O2/c8-5-2-1-4(3-5)6(11)10-7(9)12/h1-2,4-5H,3,8H2,(H3,9,10,11,12). The molecule has 0 saturated heterocycles. The number of primary amides is 1. The predicted octanol–water partition coefficient (Wildman–Crippen LogP) is -0.915. The van der Waals surface area contributed by atoms with Gasteiger partial charge in [-0.15, -0.1) is 0 Å². The van der Waals surface area contributed by atoms with E-state index in [1.807, 2.05) is 5.32 Å². The van der Waals surface area contributed by atoms with E-state index >= 15 is 0 Å². The van der Waals surface area contributed by atoms with Gasteiger partial charge in [-0.3, -0.25) is 10.1 Å². The van der Waals surface area contributed by atoms with Crippen molar-refractivity contribution < 1.29 is 9.59 Å². The van der Waals surface area contributed by atoms with Gasteiger partial charge in [-0.25, -0.2) is 4.79 Å². The molecule has 0 fully saturated rings. The van der Waals surface area contributed by atoms with Crippen LogP contribution in [0.3, 0.4) is 0 Å². The summed E-state index contributed by atoms with van der Waals surface area (Å²) in [6.45, 7) is 0. The third kappa shape index (κ3) is 2.06. The average molecular weight is 169 g/mol. The fourth-order valence-corrected chi connectivity index (χ4v) is 1.14. The van der Waals surface area contributed by atoms with Crippen LogP contribution in [0.2, 0.25) is 0 Å². The maximum absolute atomic E-state index is 11.1. The highest BCUT2D eigenvalue weighted by Crippen LogP contribution is 2.15. The molecule has 0 heterocycles. The van der Waals surface area contributed by atoms with E-state index in [0.29, 0.717) is 6.42 Å². The maximum atomic E-state index is 11.1. The molecule has 2 unspecified atom stereocenters. The Morgan fingerprint density at radius 1 is 1.42 bits per heavy atom. The monoisotopic (exact) mass is 169 g/mol. The molecular weight excluding hydrogens is 158 g/mol. The van der Waals surface area contributed by atoms with Crippen LogP contribution in [0.4, 0.5) is 4.79 Å². The molecule has 1 aliphatic carbocycles. The van der Waals surface area contributed by atoms with Gasteiger partial charge >= 0.3 is 6.03 Å². The maximum Gasteiger partial charge on any atom is 0.318 e. The summed E-state index contributed by atoms with van der Waals surface area (Å²) in [5.41, 5.74) is 10.3. The minimum Gasteiger partial charge on any atom is -0.351 e. The summed E-state index contributed by atoms with van der Waals surface area (Å²) in [6, 6.07) is -0.914. The summed E-state index contributed by atoms with van der Waals surface area (Å²) in [4.78, 5) is 21.4. The van der Waals surface area contributed by atoms with Gasteiger partial charge in [0.15, 0.2) is 0 Å². The smallest absolute Gasteiger partial charge is 0.318 e. The van der Waals surface area contributed by atoms with Crippen LogP contribution in [0.5, 0.6) is 0 Å². The van der Waals surface area contributed by atoms with Crippen molar-refractivity contribution in [1.29, 1.82) is 0 Å². The second-order valence-corrected chi connectivity index (χ2v) is 2.74. The molecule has 0 bridgehead atoms. The highest BCUT2D eigenvalue weighted by atomic mass is 16.2. The Labute approximate surface area is 69.8 Å². The minimum absolute atomic E-state index is 0.0892. The number of nitrogens with one attached hydrogen (secondary N) is 1. The van der Waals surface area contributed by atoms with E-state index in [1.54, 1.807) is 12.2 Å². The second-order valence-electron chi connectivity index (χ2n) is 2.74. The van der Waals surface area contributed by atoms with Crippen LogP contribution >= 0.6 is 0 Å². The van der Waals surface area contributed by atoms with Gasteiger partial charge in [0.1, 0.15) is 0 Å². The fourth-order valence-electron chi connectivity index (χ4n) is 1.14. The Hall–Kier alpha value is -1.36. The van der Waals surface area contributed by atoms with Crippen molar-refractivity contribution >= 4 is 11.9 Å². The zero-order valence-corrected chi connectivity index (χ0v) is 6.49. The quantitative estimate of drug-likeness (QED) is 0.443. The van der Waals surface area contributed by atoms with Gasteiger partial charge in [-0.2, -0.15) is 0 Å². The molecule has 0 aromatic carbocycles. The Balaban J connectivity index is 2.44. The number of amides is 3. The first-order valence-corrected chi connectivity index (χ1v) is 3.64. The summed E-state index contributed by atoms with van der Waals surface area (Å²) >= 11 is 0. The molecule has 0 saturated carbocycles. The SMILES string of the molecule is NC(=O)NC(=O)C1C=CC(N)C1. The van der Waals surface area contributed by atoms with Crippen LogP contribution in [0, 0.1) is 5.92 Å². The lowest BCUT2D eigenvalue weighted by molar-refractivity contribution is -0.122. The molecule has 0 aliphatic heterocycles. The zero-order valence-electron chi connectivity index (χ0n) is 6.49. The first-order valence-electron chi connectivity index (χ1n) is 3.64. The highest BCUT2D eigenvalue weighted by molar-refractivity contribution is 5.95.